The number of nitrogens with one attached hydrogen (secondary N) is 2. The first kappa shape index (κ1) is 31.3. The van der Waals surface area contributed by atoms with Gasteiger partial charge in [0.05, 0.1) is 6.61 Å². The average molecular weight is 581 g/mol. The number of ether oxygens (including phenoxy) is 1. The molecule has 2 amide bonds. The summed E-state index contributed by atoms with van der Waals surface area (Å²) >= 11 is 1.32. The van der Waals surface area contributed by atoms with E-state index in [1.807, 2.05) is 38.1 Å². The zero-order valence-electron chi connectivity index (χ0n) is 22.7. The van der Waals surface area contributed by atoms with E-state index in [4.69, 9.17) is 10.5 Å². The number of thioether (sulfide) groups is 1. The largest absolute Gasteiger partial charge is 0.464 e. The van der Waals surface area contributed by atoms with Crippen molar-refractivity contribution in [2.24, 2.45) is 11.7 Å². The molecule has 1 aliphatic heterocycles. The van der Waals surface area contributed by atoms with Gasteiger partial charge in [0, 0.05) is 43.1 Å². The summed E-state index contributed by atoms with van der Waals surface area (Å²) in [5, 5.41) is 5.29. The maximum absolute atomic E-state index is 14.0. The number of amides is 2. The van der Waals surface area contributed by atoms with E-state index in [2.05, 4.69) is 10.6 Å². The lowest BCUT2D eigenvalue weighted by Crippen LogP contribution is -2.46. The Morgan fingerprint density at radius 3 is 2.42 bits per heavy atom. The second kappa shape index (κ2) is 14.4. The van der Waals surface area contributed by atoms with Crippen molar-refractivity contribution in [2.45, 2.75) is 57.6 Å². The molecule has 0 saturated carbocycles. The molecule has 8 nitrogen and oxygen atoms in total. The number of rotatable bonds is 12. The third-order valence-corrected chi connectivity index (χ3v) is 7.60. The minimum Gasteiger partial charge on any atom is -0.464 e. The number of benzene rings is 2. The van der Waals surface area contributed by atoms with Crippen molar-refractivity contribution in [1.82, 2.24) is 10.2 Å². The first-order chi connectivity index (χ1) is 19.0. The van der Waals surface area contributed by atoms with Crippen LogP contribution in [0.25, 0.3) is 0 Å². The zero-order valence-corrected chi connectivity index (χ0v) is 23.5. The van der Waals surface area contributed by atoms with Gasteiger partial charge in [-0.05, 0) is 48.6 Å². The third kappa shape index (κ3) is 8.37. The predicted molar refractivity (Wildman–Crippen MR) is 148 cm³/mol. The number of esters is 1. The molecule has 1 aliphatic rings. The van der Waals surface area contributed by atoms with E-state index in [1.165, 1.54) is 16.7 Å². The second-order valence-corrected chi connectivity index (χ2v) is 11.1. The molecule has 2 aromatic rings. The lowest BCUT2D eigenvalue weighted by molar-refractivity contribution is -0.145. The van der Waals surface area contributed by atoms with Crippen LogP contribution in [-0.2, 0) is 32.1 Å². The predicted octanol–water partition coefficient (Wildman–Crippen LogP) is 3.58. The quantitative estimate of drug-likeness (QED) is 0.260. The summed E-state index contributed by atoms with van der Waals surface area (Å²) in [5.74, 6) is -3.86. The highest BCUT2D eigenvalue weighted by molar-refractivity contribution is 8.00. The molecule has 4 N–H and O–H groups in total. The Morgan fingerprint density at radius 2 is 1.77 bits per heavy atom. The Kier molecular flexibility index (Phi) is 11.3. The lowest BCUT2D eigenvalue weighted by Gasteiger charge is -2.24. The monoisotopic (exact) mass is 580 g/mol. The fraction of sp³-hybridized carbons (Fsp3) is 0.464. The molecule has 2 aromatic carbocycles. The molecule has 0 aromatic heterocycles. The second-order valence-electron chi connectivity index (χ2n) is 9.87. The van der Waals surface area contributed by atoms with Crippen LogP contribution < -0.4 is 16.4 Å². The molecule has 40 heavy (non-hydrogen) atoms. The van der Waals surface area contributed by atoms with E-state index < -0.39 is 34.9 Å². The number of nitrogens with zero attached hydrogens (tertiary/aromatic N) is 1. The van der Waals surface area contributed by atoms with Gasteiger partial charge in [-0.2, -0.15) is 0 Å². The summed E-state index contributed by atoms with van der Waals surface area (Å²) in [6.45, 7) is 6.49. The number of carbonyl (C=O) groups excluding carboxylic acids is 3. The highest BCUT2D eigenvalue weighted by Crippen LogP contribution is 2.25. The number of anilines is 1. The number of hydrogen-bond donors (Lipinski definition) is 3. The Labute approximate surface area is 236 Å². The summed E-state index contributed by atoms with van der Waals surface area (Å²) in [5.41, 5.74) is 7.46. The van der Waals surface area contributed by atoms with Gasteiger partial charge < -0.3 is 26.0 Å². The molecule has 3 atom stereocenters. The highest BCUT2D eigenvalue weighted by atomic mass is 32.2. The summed E-state index contributed by atoms with van der Waals surface area (Å²) in [6, 6.07) is 7.14. The summed E-state index contributed by atoms with van der Waals surface area (Å²) in [7, 11) is 0. The van der Waals surface area contributed by atoms with E-state index in [1.54, 1.807) is 6.92 Å². The van der Waals surface area contributed by atoms with E-state index >= 15 is 0 Å². The standard InChI is InChI=1S/C28H35F3N4O4S/c1-4-39-28(38)25(16(2)3)34-20-7-5-17(6-8-20)15-33-26(37)27-35(9-10-40-27)24(36)13-19(32)11-18-12-22(30)23(31)14-21(18)29/h5-8,12,14,16,19,25,27,34H,4,9-11,13,15,32H2,1-3H3,(H,33,37)/t19-,25-,27-/m1/s1. The van der Waals surface area contributed by atoms with Crippen LogP contribution in [0.4, 0.5) is 18.9 Å². The van der Waals surface area contributed by atoms with Crippen LogP contribution in [-0.4, -0.2) is 59.0 Å². The Morgan fingerprint density at radius 1 is 1.10 bits per heavy atom. The molecule has 12 heteroatoms. The number of nitrogens with two attached hydrogens (primary N) is 1. The third-order valence-electron chi connectivity index (χ3n) is 6.39. The molecule has 218 valence electrons. The van der Waals surface area contributed by atoms with Crippen molar-refractivity contribution in [2.75, 3.05) is 24.2 Å². The molecule has 0 aliphatic carbocycles. The molecule has 1 saturated heterocycles. The molecule has 1 fully saturated rings. The fourth-order valence-electron chi connectivity index (χ4n) is 4.26. The molecular weight excluding hydrogens is 545 g/mol. The summed E-state index contributed by atoms with van der Waals surface area (Å²) < 4.78 is 45.7. The van der Waals surface area contributed by atoms with Crippen molar-refractivity contribution in [3.8, 4) is 0 Å². The van der Waals surface area contributed by atoms with Crippen molar-refractivity contribution in [1.29, 1.82) is 0 Å². The van der Waals surface area contributed by atoms with Gasteiger partial charge in [0.15, 0.2) is 17.0 Å². The van der Waals surface area contributed by atoms with Gasteiger partial charge in [0.25, 0.3) is 5.91 Å². The van der Waals surface area contributed by atoms with E-state index in [0.717, 1.165) is 17.3 Å². The Balaban J connectivity index is 1.52. The van der Waals surface area contributed by atoms with Gasteiger partial charge in [-0.3, -0.25) is 9.59 Å². The first-order valence-electron chi connectivity index (χ1n) is 13.1. The van der Waals surface area contributed by atoms with E-state index in [9.17, 15) is 27.6 Å². The molecule has 0 unspecified atom stereocenters. The van der Waals surface area contributed by atoms with E-state index in [0.29, 0.717) is 25.0 Å². The molecule has 0 radical (unpaired) electrons. The van der Waals surface area contributed by atoms with Gasteiger partial charge >= 0.3 is 5.97 Å². The van der Waals surface area contributed by atoms with Crippen molar-refractivity contribution >= 4 is 35.2 Å². The SMILES string of the molecule is CCOC(=O)[C@H](Nc1ccc(CNC(=O)[C@H]2SCCN2C(=O)C[C@H](N)Cc2cc(F)c(F)cc2F)cc1)C(C)C. The van der Waals surface area contributed by atoms with Crippen LogP contribution in [0.3, 0.4) is 0 Å². The van der Waals surface area contributed by atoms with Crippen molar-refractivity contribution in [3.05, 3.63) is 65.0 Å². The van der Waals surface area contributed by atoms with Gasteiger partial charge in [0.2, 0.25) is 5.91 Å². The van der Waals surface area contributed by atoms with E-state index in [-0.39, 0.29) is 48.7 Å². The first-order valence-corrected chi connectivity index (χ1v) is 14.1. The molecule has 1 heterocycles. The van der Waals surface area contributed by atoms with Crippen LogP contribution in [0.5, 0.6) is 0 Å². The number of halogens is 3. The minimum absolute atomic E-state index is 0.0224. The molecular formula is C28H35F3N4O4S. The van der Waals surface area contributed by atoms with Crippen molar-refractivity contribution < 1.29 is 32.3 Å². The minimum atomic E-state index is -1.30. The normalized spacial score (nSPS) is 16.5. The smallest absolute Gasteiger partial charge is 0.328 e. The number of hydrogen-bond acceptors (Lipinski definition) is 7. The summed E-state index contributed by atoms with van der Waals surface area (Å²) in [6.07, 6.45) is -0.338. The molecule has 0 spiro atoms. The summed E-state index contributed by atoms with van der Waals surface area (Å²) in [4.78, 5) is 39.4. The molecule has 3 rings (SSSR count). The topological polar surface area (TPSA) is 114 Å². The highest BCUT2D eigenvalue weighted by Gasteiger charge is 2.35. The Hall–Kier alpha value is -3.25. The molecule has 0 bridgehead atoms. The van der Waals surface area contributed by atoms with Crippen molar-refractivity contribution in [3.63, 3.8) is 0 Å². The van der Waals surface area contributed by atoms with Crippen LogP contribution in [0.2, 0.25) is 0 Å². The van der Waals surface area contributed by atoms with Crippen LogP contribution in [0, 0.1) is 23.4 Å². The van der Waals surface area contributed by atoms with Gasteiger partial charge in [-0.1, -0.05) is 26.0 Å². The fourth-order valence-corrected chi connectivity index (χ4v) is 5.43. The number of carbonyl (C=O) groups is 3. The van der Waals surface area contributed by atoms with Crippen LogP contribution in [0.15, 0.2) is 36.4 Å². The maximum Gasteiger partial charge on any atom is 0.328 e. The Bertz CT molecular complexity index is 1200. The lowest BCUT2D eigenvalue weighted by atomic mass is 10.0. The van der Waals surface area contributed by atoms with Crippen LogP contribution in [0.1, 0.15) is 38.3 Å². The van der Waals surface area contributed by atoms with Gasteiger partial charge in [0.1, 0.15) is 11.9 Å². The van der Waals surface area contributed by atoms with Gasteiger partial charge in [-0.15, -0.1) is 11.8 Å². The van der Waals surface area contributed by atoms with Gasteiger partial charge in [-0.25, -0.2) is 18.0 Å². The average Bonchev–Trinajstić information content (AvgIpc) is 3.40. The zero-order chi connectivity index (χ0) is 29.4. The maximum atomic E-state index is 14.0. The van der Waals surface area contributed by atoms with Crippen LogP contribution >= 0.6 is 11.8 Å².